The van der Waals surface area contributed by atoms with Crippen LogP contribution >= 0.6 is 12.4 Å². The average molecular weight is 271 g/mol. The SMILES string of the molecule is C=CCOc1cccc(NC(=O)C(C)CN)c1.Cl. The lowest BCUT2D eigenvalue weighted by molar-refractivity contribution is -0.119. The van der Waals surface area contributed by atoms with E-state index < -0.39 is 0 Å². The number of rotatable bonds is 6. The van der Waals surface area contributed by atoms with Gasteiger partial charge in [-0.05, 0) is 12.1 Å². The van der Waals surface area contributed by atoms with Crippen molar-refractivity contribution < 1.29 is 9.53 Å². The van der Waals surface area contributed by atoms with E-state index in [1.54, 1.807) is 19.1 Å². The van der Waals surface area contributed by atoms with E-state index in [9.17, 15) is 4.79 Å². The topological polar surface area (TPSA) is 64.3 Å². The van der Waals surface area contributed by atoms with E-state index in [1.165, 1.54) is 0 Å². The third-order valence-corrected chi connectivity index (χ3v) is 2.27. The van der Waals surface area contributed by atoms with Crippen molar-refractivity contribution in [3.63, 3.8) is 0 Å². The molecule has 1 aromatic carbocycles. The number of amides is 1. The summed E-state index contributed by atoms with van der Waals surface area (Å²) >= 11 is 0. The summed E-state index contributed by atoms with van der Waals surface area (Å²) in [4.78, 5) is 11.6. The third-order valence-electron chi connectivity index (χ3n) is 2.27. The molecule has 1 aromatic rings. The van der Waals surface area contributed by atoms with Gasteiger partial charge in [0.05, 0.1) is 0 Å². The summed E-state index contributed by atoms with van der Waals surface area (Å²) in [5.41, 5.74) is 6.13. The number of hydrogen-bond donors (Lipinski definition) is 2. The predicted molar refractivity (Wildman–Crippen MR) is 76.2 cm³/mol. The Hall–Kier alpha value is -1.52. The van der Waals surface area contributed by atoms with E-state index in [2.05, 4.69) is 11.9 Å². The number of nitrogens with one attached hydrogen (secondary N) is 1. The van der Waals surface area contributed by atoms with Crippen molar-refractivity contribution in [3.05, 3.63) is 36.9 Å². The van der Waals surface area contributed by atoms with Crippen LogP contribution in [0.1, 0.15) is 6.92 Å². The highest BCUT2D eigenvalue weighted by Gasteiger charge is 2.10. The summed E-state index contributed by atoms with van der Waals surface area (Å²) < 4.78 is 5.37. The number of halogens is 1. The second-order valence-electron chi connectivity index (χ2n) is 3.75. The molecule has 0 radical (unpaired) electrons. The van der Waals surface area contributed by atoms with Crippen LogP contribution in [-0.2, 0) is 4.79 Å². The van der Waals surface area contributed by atoms with Crippen molar-refractivity contribution >= 4 is 24.0 Å². The van der Waals surface area contributed by atoms with Crippen LogP contribution in [0.4, 0.5) is 5.69 Å². The molecule has 0 saturated heterocycles. The molecule has 0 heterocycles. The molecule has 0 bridgehead atoms. The van der Waals surface area contributed by atoms with Gasteiger partial charge in [0.2, 0.25) is 5.91 Å². The second kappa shape index (κ2) is 8.55. The number of hydrogen-bond acceptors (Lipinski definition) is 3. The van der Waals surface area contributed by atoms with E-state index >= 15 is 0 Å². The minimum absolute atomic E-state index is 0. The lowest BCUT2D eigenvalue weighted by atomic mass is 10.1. The first-order valence-corrected chi connectivity index (χ1v) is 5.52. The Morgan fingerprint density at radius 3 is 2.94 bits per heavy atom. The van der Waals surface area contributed by atoms with Gasteiger partial charge in [-0.2, -0.15) is 0 Å². The first-order valence-electron chi connectivity index (χ1n) is 5.52. The largest absolute Gasteiger partial charge is 0.489 e. The fourth-order valence-electron chi connectivity index (χ4n) is 1.19. The number of benzene rings is 1. The fourth-order valence-corrected chi connectivity index (χ4v) is 1.19. The summed E-state index contributed by atoms with van der Waals surface area (Å²) in [7, 11) is 0. The van der Waals surface area contributed by atoms with Crippen LogP contribution in [0.15, 0.2) is 36.9 Å². The number of nitrogens with two attached hydrogens (primary N) is 1. The maximum absolute atomic E-state index is 11.6. The van der Waals surface area contributed by atoms with Gasteiger partial charge in [0.15, 0.2) is 0 Å². The third kappa shape index (κ3) is 5.21. The van der Waals surface area contributed by atoms with Crippen molar-refractivity contribution in [1.82, 2.24) is 0 Å². The van der Waals surface area contributed by atoms with Crippen LogP contribution in [0, 0.1) is 5.92 Å². The van der Waals surface area contributed by atoms with E-state index in [4.69, 9.17) is 10.5 Å². The highest BCUT2D eigenvalue weighted by molar-refractivity contribution is 5.92. The zero-order chi connectivity index (χ0) is 12.7. The molecule has 1 rings (SSSR count). The van der Waals surface area contributed by atoms with Crippen molar-refractivity contribution in [2.75, 3.05) is 18.5 Å². The first-order chi connectivity index (χ1) is 8.17. The highest BCUT2D eigenvalue weighted by Crippen LogP contribution is 2.17. The Morgan fingerprint density at radius 1 is 1.61 bits per heavy atom. The molecule has 1 amide bonds. The molecule has 4 nitrogen and oxygen atoms in total. The molecular formula is C13H19ClN2O2. The Morgan fingerprint density at radius 2 is 2.33 bits per heavy atom. The van der Waals surface area contributed by atoms with Crippen molar-refractivity contribution in [2.24, 2.45) is 11.7 Å². The van der Waals surface area contributed by atoms with Crippen LogP contribution in [0.2, 0.25) is 0 Å². The lowest BCUT2D eigenvalue weighted by Gasteiger charge is -2.11. The maximum atomic E-state index is 11.6. The summed E-state index contributed by atoms with van der Waals surface area (Å²) in [6.45, 7) is 6.13. The zero-order valence-corrected chi connectivity index (χ0v) is 11.2. The summed E-state index contributed by atoms with van der Waals surface area (Å²) in [6.07, 6.45) is 1.67. The lowest BCUT2D eigenvalue weighted by Crippen LogP contribution is -2.26. The van der Waals surface area contributed by atoms with Gasteiger partial charge in [-0.3, -0.25) is 4.79 Å². The first kappa shape index (κ1) is 16.5. The van der Waals surface area contributed by atoms with Crippen LogP contribution in [0.25, 0.3) is 0 Å². The fraction of sp³-hybridized carbons (Fsp3) is 0.308. The standard InChI is InChI=1S/C13H18N2O2.ClH/c1-3-7-17-12-6-4-5-11(8-12)15-13(16)10(2)9-14;/h3-6,8,10H,1,7,9,14H2,2H3,(H,15,16);1H. The quantitative estimate of drug-likeness (QED) is 0.779. The van der Waals surface area contributed by atoms with Crippen molar-refractivity contribution in [3.8, 4) is 5.75 Å². The van der Waals surface area contributed by atoms with Crippen LogP contribution in [0.5, 0.6) is 5.75 Å². The maximum Gasteiger partial charge on any atom is 0.228 e. The monoisotopic (exact) mass is 270 g/mol. The van der Waals surface area contributed by atoms with Crippen molar-refractivity contribution in [1.29, 1.82) is 0 Å². The molecule has 0 aromatic heterocycles. The van der Waals surface area contributed by atoms with E-state index in [1.807, 2.05) is 18.2 Å². The molecule has 100 valence electrons. The van der Waals surface area contributed by atoms with E-state index in [0.717, 1.165) is 0 Å². The van der Waals surface area contributed by atoms with E-state index in [0.29, 0.717) is 24.6 Å². The number of anilines is 1. The average Bonchev–Trinajstić information content (AvgIpc) is 2.35. The molecule has 0 aliphatic heterocycles. The Labute approximate surface area is 114 Å². The van der Waals surface area contributed by atoms with Gasteiger partial charge in [0, 0.05) is 24.2 Å². The molecule has 0 aliphatic rings. The molecule has 3 N–H and O–H groups in total. The summed E-state index contributed by atoms with van der Waals surface area (Å²) in [5.74, 6) is 0.407. The zero-order valence-electron chi connectivity index (χ0n) is 10.4. The molecule has 0 spiro atoms. The molecule has 1 unspecified atom stereocenters. The van der Waals surface area contributed by atoms with Gasteiger partial charge in [-0.25, -0.2) is 0 Å². The Kier molecular flexibility index (Phi) is 7.83. The van der Waals surface area contributed by atoms with Gasteiger partial charge in [-0.15, -0.1) is 12.4 Å². The molecule has 5 heteroatoms. The molecule has 1 atom stereocenters. The van der Waals surface area contributed by atoms with Gasteiger partial charge in [0.25, 0.3) is 0 Å². The van der Waals surface area contributed by atoms with E-state index in [-0.39, 0.29) is 24.2 Å². The van der Waals surface area contributed by atoms with Gasteiger partial charge in [-0.1, -0.05) is 25.6 Å². The highest BCUT2D eigenvalue weighted by atomic mass is 35.5. The molecule has 18 heavy (non-hydrogen) atoms. The number of carbonyl (C=O) groups is 1. The minimum Gasteiger partial charge on any atom is -0.489 e. The second-order valence-corrected chi connectivity index (χ2v) is 3.75. The smallest absolute Gasteiger partial charge is 0.228 e. The van der Waals surface area contributed by atoms with Gasteiger partial charge < -0.3 is 15.8 Å². The Bertz CT molecular complexity index is 396. The van der Waals surface area contributed by atoms with Crippen LogP contribution in [0.3, 0.4) is 0 Å². The summed E-state index contributed by atoms with van der Waals surface area (Å²) in [6, 6.07) is 7.22. The normalized spacial score (nSPS) is 11.0. The summed E-state index contributed by atoms with van der Waals surface area (Å²) in [5, 5.41) is 2.78. The predicted octanol–water partition coefficient (Wildman–Crippen LogP) is 2.21. The molecule has 0 fully saturated rings. The van der Waals surface area contributed by atoms with Crippen molar-refractivity contribution in [2.45, 2.75) is 6.92 Å². The minimum atomic E-state index is -0.201. The molecule has 0 saturated carbocycles. The number of ether oxygens (including phenoxy) is 1. The Balaban J connectivity index is 0.00000289. The molecular weight excluding hydrogens is 252 g/mol. The van der Waals surface area contributed by atoms with Gasteiger partial charge >= 0.3 is 0 Å². The molecule has 0 aliphatic carbocycles. The van der Waals surface area contributed by atoms with Crippen LogP contribution in [-0.4, -0.2) is 19.1 Å². The van der Waals surface area contributed by atoms with Gasteiger partial charge in [0.1, 0.15) is 12.4 Å². The van der Waals surface area contributed by atoms with Crippen LogP contribution < -0.4 is 15.8 Å². The number of carbonyl (C=O) groups excluding carboxylic acids is 1.